The molecule has 3 amide bonds. The lowest BCUT2D eigenvalue weighted by atomic mass is 9.58. The van der Waals surface area contributed by atoms with Gasteiger partial charge in [0, 0.05) is 19.0 Å². The average molecular weight is 531 g/mol. The van der Waals surface area contributed by atoms with Gasteiger partial charge in [0.1, 0.15) is 6.04 Å². The van der Waals surface area contributed by atoms with Crippen molar-refractivity contribution < 1.29 is 19.2 Å². The summed E-state index contributed by atoms with van der Waals surface area (Å²) in [6.45, 7) is 11.7. The quantitative estimate of drug-likeness (QED) is 0.264. The summed E-state index contributed by atoms with van der Waals surface area (Å²) in [7, 11) is 0. The molecule has 4 atom stereocenters. The standard InChI is InChI=1S/C30H50N4O4/c1-6-16-32-27(37)25(35)22(18-20-12-13-20)33-26(36)23-11-10-17-34(23)28(38)24(21(19-31)29(2,3)4)30(5)14-8-7-9-15-30/h10-11,20-24H,6-9,12-19,31H2,1-5H3,(H,32,37)(H,33,36)/t21-,22?,23-,24?/m0/s1. The second-order valence-corrected chi connectivity index (χ2v) is 13.1. The maximum atomic E-state index is 14.4. The van der Waals surface area contributed by atoms with Crippen LogP contribution < -0.4 is 16.4 Å². The van der Waals surface area contributed by atoms with E-state index in [1.807, 2.05) is 13.0 Å². The average Bonchev–Trinajstić information content (AvgIpc) is 3.55. The number of rotatable bonds is 12. The van der Waals surface area contributed by atoms with Crippen LogP contribution in [0.1, 0.15) is 92.4 Å². The zero-order valence-corrected chi connectivity index (χ0v) is 24.2. The highest BCUT2D eigenvalue weighted by Gasteiger charge is 2.50. The van der Waals surface area contributed by atoms with Crippen molar-refractivity contribution in [1.82, 2.24) is 15.5 Å². The number of nitrogens with zero attached hydrogens (tertiary/aromatic N) is 1. The first-order chi connectivity index (χ1) is 17.9. The van der Waals surface area contributed by atoms with Crippen LogP contribution in [0.25, 0.3) is 0 Å². The van der Waals surface area contributed by atoms with Gasteiger partial charge in [0.25, 0.3) is 5.91 Å². The number of carbonyl (C=O) groups is 4. The number of hydrogen-bond donors (Lipinski definition) is 3. The van der Waals surface area contributed by atoms with Gasteiger partial charge in [-0.05, 0) is 54.9 Å². The van der Waals surface area contributed by atoms with E-state index >= 15 is 0 Å². The molecule has 3 aliphatic rings. The van der Waals surface area contributed by atoms with Crippen LogP contribution in [0, 0.1) is 28.6 Å². The van der Waals surface area contributed by atoms with Crippen LogP contribution in [0.3, 0.4) is 0 Å². The van der Waals surface area contributed by atoms with E-state index in [0.29, 0.717) is 32.0 Å². The first-order valence-corrected chi connectivity index (χ1v) is 14.7. The third kappa shape index (κ3) is 7.25. The number of hydrogen-bond acceptors (Lipinski definition) is 5. The Balaban J connectivity index is 1.82. The normalized spacial score (nSPS) is 23.4. The van der Waals surface area contributed by atoms with Gasteiger partial charge < -0.3 is 21.3 Å². The van der Waals surface area contributed by atoms with Crippen molar-refractivity contribution in [2.45, 2.75) is 104 Å². The van der Waals surface area contributed by atoms with Crippen LogP contribution >= 0.6 is 0 Å². The van der Waals surface area contributed by atoms with Gasteiger partial charge in [0.2, 0.25) is 17.6 Å². The molecule has 1 heterocycles. The summed E-state index contributed by atoms with van der Waals surface area (Å²) >= 11 is 0. The summed E-state index contributed by atoms with van der Waals surface area (Å²) in [5, 5.41) is 5.49. The molecule has 38 heavy (non-hydrogen) atoms. The van der Waals surface area contributed by atoms with Gasteiger partial charge in [-0.15, -0.1) is 0 Å². The lowest BCUT2D eigenvalue weighted by Gasteiger charge is -2.48. The van der Waals surface area contributed by atoms with Crippen LogP contribution in [0.5, 0.6) is 0 Å². The Bertz CT molecular complexity index is 898. The number of nitrogens with one attached hydrogen (secondary N) is 2. The van der Waals surface area contributed by atoms with Gasteiger partial charge in [0.15, 0.2) is 0 Å². The minimum Gasteiger partial charge on any atom is -0.349 e. The maximum Gasteiger partial charge on any atom is 0.289 e. The zero-order chi connectivity index (χ0) is 28.1. The van der Waals surface area contributed by atoms with E-state index in [2.05, 4.69) is 38.3 Å². The predicted octanol–water partition coefficient (Wildman–Crippen LogP) is 3.34. The molecule has 0 aromatic rings. The topological polar surface area (TPSA) is 122 Å². The van der Waals surface area contributed by atoms with E-state index in [9.17, 15) is 19.2 Å². The predicted molar refractivity (Wildman–Crippen MR) is 149 cm³/mol. The molecule has 2 saturated carbocycles. The molecule has 0 spiro atoms. The van der Waals surface area contributed by atoms with E-state index < -0.39 is 29.7 Å². The molecule has 8 heteroatoms. The van der Waals surface area contributed by atoms with E-state index in [1.165, 1.54) is 6.42 Å². The third-order valence-corrected chi connectivity index (χ3v) is 8.95. The van der Waals surface area contributed by atoms with Crippen LogP contribution in [-0.4, -0.2) is 60.1 Å². The molecular weight excluding hydrogens is 480 g/mol. The molecule has 2 unspecified atom stereocenters. The van der Waals surface area contributed by atoms with Gasteiger partial charge in [-0.25, -0.2) is 0 Å². The SMILES string of the molecule is CCCNC(=O)C(=O)C(CC1CC1)NC(=O)[C@@H]1C=CCN1C(=O)C([C@H](CN)C(C)(C)C)C1(C)CCCCC1. The van der Waals surface area contributed by atoms with Crippen molar-refractivity contribution in [3.05, 3.63) is 12.2 Å². The molecule has 0 aromatic heterocycles. The molecular formula is C30H50N4O4. The number of ketones is 1. The van der Waals surface area contributed by atoms with Crippen molar-refractivity contribution in [2.75, 3.05) is 19.6 Å². The van der Waals surface area contributed by atoms with E-state index in [-0.39, 0.29) is 28.6 Å². The van der Waals surface area contributed by atoms with Crippen molar-refractivity contribution in [1.29, 1.82) is 0 Å². The van der Waals surface area contributed by atoms with Gasteiger partial charge in [-0.3, -0.25) is 19.2 Å². The number of nitrogens with two attached hydrogens (primary N) is 1. The second-order valence-electron chi connectivity index (χ2n) is 13.1. The lowest BCUT2D eigenvalue weighted by Crippen LogP contribution is -2.57. The molecule has 0 saturated heterocycles. The molecule has 3 rings (SSSR count). The molecule has 4 N–H and O–H groups in total. The molecule has 2 aliphatic carbocycles. The van der Waals surface area contributed by atoms with Crippen LogP contribution in [0.15, 0.2) is 12.2 Å². The smallest absolute Gasteiger partial charge is 0.289 e. The summed E-state index contributed by atoms with van der Waals surface area (Å²) in [6.07, 6.45) is 12.1. The first-order valence-electron chi connectivity index (χ1n) is 14.7. The molecule has 0 radical (unpaired) electrons. The Morgan fingerprint density at radius 2 is 1.76 bits per heavy atom. The summed E-state index contributed by atoms with van der Waals surface area (Å²) in [5.74, 6) is -1.69. The number of Topliss-reactive ketones (excluding diaryl/α,β-unsaturated/α-hetero) is 1. The molecule has 0 bridgehead atoms. The van der Waals surface area contributed by atoms with Gasteiger partial charge >= 0.3 is 0 Å². The number of amides is 3. The molecule has 214 valence electrons. The highest BCUT2D eigenvalue weighted by atomic mass is 16.2. The fourth-order valence-electron chi connectivity index (χ4n) is 6.43. The first kappa shape index (κ1) is 30.3. The van der Waals surface area contributed by atoms with Gasteiger partial charge in [0.05, 0.1) is 6.04 Å². The van der Waals surface area contributed by atoms with E-state index in [1.54, 1.807) is 11.0 Å². The summed E-state index contributed by atoms with van der Waals surface area (Å²) in [6, 6.07) is -1.68. The summed E-state index contributed by atoms with van der Waals surface area (Å²) < 4.78 is 0. The number of carbonyl (C=O) groups excluding carboxylic acids is 4. The van der Waals surface area contributed by atoms with Crippen LogP contribution in [-0.2, 0) is 19.2 Å². The Morgan fingerprint density at radius 1 is 1.11 bits per heavy atom. The Morgan fingerprint density at radius 3 is 2.32 bits per heavy atom. The monoisotopic (exact) mass is 530 g/mol. The van der Waals surface area contributed by atoms with Crippen LogP contribution in [0.4, 0.5) is 0 Å². The van der Waals surface area contributed by atoms with Crippen molar-refractivity contribution in [2.24, 2.45) is 34.3 Å². The summed E-state index contributed by atoms with van der Waals surface area (Å²) in [5.41, 5.74) is 5.97. The fourth-order valence-corrected chi connectivity index (χ4v) is 6.43. The largest absolute Gasteiger partial charge is 0.349 e. The van der Waals surface area contributed by atoms with Crippen molar-refractivity contribution in [3.63, 3.8) is 0 Å². The van der Waals surface area contributed by atoms with Crippen molar-refractivity contribution >= 4 is 23.5 Å². The highest BCUT2D eigenvalue weighted by molar-refractivity contribution is 6.38. The Hall–Kier alpha value is -2.22. The molecule has 8 nitrogen and oxygen atoms in total. The molecule has 1 aliphatic heterocycles. The third-order valence-electron chi connectivity index (χ3n) is 8.95. The fraction of sp³-hybridized carbons (Fsp3) is 0.800. The lowest BCUT2D eigenvalue weighted by molar-refractivity contribution is -0.150. The Labute approximate surface area is 228 Å². The minimum atomic E-state index is -0.879. The highest BCUT2D eigenvalue weighted by Crippen LogP contribution is 2.50. The molecule has 2 fully saturated rings. The van der Waals surface area contributed by atoms with Crippen LogP contribution in [0.2, 0.25) is 0 Å². The second kappa shape index (κ2) is 12.8. The Kier molecular flexibility index (Phi) is 10.2. The zero-order valence-electron chi connectivity index (χ0n) is 24.2. The molecule has 0 aromatic carbocycles. The van der Waals surface area contributed by atoms with Gasteiger partial charge in [-0.1, -0.05) is 78.9 Å². The van der Waals surface area contributed by atoms with E-state index in [0.717, 1.165) is 44.9 Å². The van der Waals surface area contributed by atoms with Crippen molar-refractivity contribution in [3.8, 4) is 0 Å². The van der Waals surface area contributed by atoms with E-state index in [4.69, 9.17) is 5.73 Å². The van der Waals surface area contributed by atoms with Gasteiger partial charge in [-0.2, -0.15) is 0 Å². The maximum absolute atomic E-state index is 14.4. The summed E-state index contributed by atoms with van der Waals surface area (Å²) in [4.78, 5) is 54.9. The minimum absolute atomic E-state index is 0.0318.